The van der Waals surface area contributed by atoms with Crippen molar-refractivity contribution in [3.63, 3.8) is 0 Å². The average Bonchev–Trinajstić information content (AvgIpc) is 2.67. The van der Waals surface area contributed by atoms with Crippen molar-refractivity contribution < 1.29 is 9.53 Å². The number of rotatable bonds is 6. The molecule has 0 saturated heterocycles. The van der Waals surface area contributed by atoms with Crippen LogP contribution in [-0.4, -0.2) is 18.5 Å². The predicted molar refractivity (Wildman–Crippen MR) is 71.1 cm³/mol. The standard InChI is InChI=1S/C15H28O2/c1-5-17-14(10-12-8-6-7-9-12)13(16)11-15(2,3)4/h12,14H,5-11H2,1-4H3. The van der Waals surface area contributed by atoms with Gasteiger partial charge in [-0.15, -0.1) is 0 Å². The third kappa shape index (κ3) is 5.67. The molecule has 0 aromatic carbocycles. The molecule has 0 bridgehead atoms. The lowest BCUT2D eigenvalue weighted by molar-refractivity contribution is -0.133. The minimum atomic E-state index is -0.151. The molecule has 0 aliphatic heterocycles. The predicted octanol–water partition coefficient (Wildman–Crippen LogP) is 3.98. The Morgan fingerprint density at radius 2 is 1.88 bits per heavy atom. The molecule has 1 saturated carbocycles. The van der Waals surface area contributed by atoms with Gasteiger partial charge in [-0.3, -0.25) is 4.79 Å². The van der Waals surface area contributed by atoms with Gasteiger partial charge < -0.3 is 4.74 Å². The molecule has 1 rings (SSSR count). The van der Waals surface area contributed by atoms with E-state index in [4.69, 9.17) is 4.74 Å². The van der Waals surface area contributed by atoms with Crippen molar-refractivity contribution in [2.45, 2.75) is 72.3 Å². The summed E-state index contributed by atoms with van der Waals surface area (Å²) in [6, 6.07) is 0. The Hall–Kier alpha value is -0.370. The molecule has 0 radical (unpaired) electrons. The quantitative estimate of drug-likeness (QED) is 0.702. The van der Waals surface area contributed by atoms with Gasteiger partial charge in [-0.05, 0) is 24.7 Å². The van der Waals surface area contributed by atoms with Gasteiger partial charge in [0.05, 0.1) is 0 Å². The van der Waals surface area contributed by atoms with Crippen molar-refractivity contribution in [3.05, 3.63) is 0 Å². The van der Waals surface area contributed by atoms with Gasteiger partial charge in [-0.2, -0.15) is 0 Å². The van der Waals surface area contributed by atoms with E-state index in [-0.39, 0.29) is 11.5 Å². The fourth-order valence-electron chi connectivity index (χ4n) is 2.68. The van der Waals surface area contributed by atoms with E-state index in [1.54, 1.807) is 0 Å². The Labute approximate surface area is 106 Å². The molecule has 1 aliphatic rings. The summed E-state index contributed by atoms with van der Waals surface area (Å²) in [5.74, 6) is 1.02. The minimum Gasteiger partial charge on any atom is -0.371 e. The van der Waals surface area contributed by atoms with Crippen molar-refractivity contribution in [1.29, 1.82) is 0 Å². The molecule has 0 N–H and O–H groups in total. The van der Waals surface area contributed by atoms with E-state index in [2.05, 4.69) is 20.8 Å². The highest BCUT2D eigenvalue weighted by Crippen LogP contribution is 2.31. The molecule has 0 spiro atoms. The molecule has 1 fully saturated rings. The summed E-state index contributed by atoms with van der Waals surface area (Å²) in [5.41, 5.74) is 0.0715. The van der Waals surface area contributed by atoms with Gasteiger partial charge in [-0.25, -0.2) is 0 Å². The largest absolute Gasteiger partial charge is 0.371 e. The Balaban J connectivity index is 2.48. The first-order valence-electron chi connectivity index (χ1n) is 7.06. The molecule has 100 valence electrons. The van der Waals surface area contributed by atoms with Crippen LogP contribution in [0.4, 0.5) is 0 Å². The fraction of sp³-hybridized carbons (Fsp3) is 0.933. The second-order valence-corrected chi connectivity index (χ2v) is 6.53. The lowest BCUT2D eigenvalue weighted by atomic mass is 9.86. The zero-order valence-electron chi connectivity index (χ0n) is 11.9. The topological polar surface area (TPSA) is 26.3 Å². The van der Waals surface area contributed by atoms with Crippen LogP contribution in [0.1, 0.15) is 66.2 Å². The highest BCUT2D eigenvalue weighted by molar-refractivity contribution is 5.83. The second-order valence-electron chi connectivity index (χ2n) is 6.53. The first kappa shape index (κ1) is 14.7. The van der Waals surface area contributed by atoms with Gasteiger partial charge in [-0.1, -0.05) is 46.5 Å². The van der Waals surface area contributed by atoms with Crippen LogP contribution < -0.4 is 0 Å². The number of hydrogen-bond donors (Lipinski definition) is 0. The number of ketones is 1. The Morgan fingerprint density at radius 3 is 2.35 bits per heavy atom. The van der Waals surface area contributed by atoms with Gasteiger partial charge in [0.1, 0.15) is 6.10 Å². The molecule has 17 heavy (non-hydrogen) atoms. The monoisotopic (exact) mass is 240 g/mol. The lowest BCUT2D eigenvalue weighted by Crippen LogP contribution is -2.29. The van der Waals surface area contributed by atoms with Gasteiger partial charge in [0, 0.05) is 13.0 Å². The smallest absolute Gasteiger partial charge is 0.162 e. The molecular weight excluding hydrogens is 212 g/mol. The summed E-state index contributed by atoms with van der Waals surface area (Å²) in [6.45, 7) is 8.97. The van der Waals surface area contributed by atoms with Gasteiger partial charge in [0.2, 0.25) is 0 Å². The summed E-state index contributed by atoms with van der Waals surface area (Å²) in [7, 11) is 0. The Bertz CT molecular complexity index is 234. The maximum atomic E-state index is 12.2. The molecule has 0 heterocycles. The number of carbonyl (C=O) groups is 1. The minimum absolute atomic E-state index is 0.0715. The van der Waals surface area contributed by atoms with E-state index in [1.807, 2.05) is 6.92 Å². The van der Waals surface area contributed by atoms with Crippen molar-refractivity contribution >= 4 is 5.78 Å². The Morgan fingerprint density at radius 1 is 1.29 bits per heavy atom. The first-order valence-corrected chi connectivity index (χ1v) is 7.06. The highest BCUT2D eigenvalue weighted by Gasteiger charge is 2.28. The third-order valence-electron chi connectivity index (χ3n) is 3.45. The average molecular weight is 240 g/mol. The maximum Gasteiger partial charge on any atom is 0.162 e. The zero-order chi connectivity index (χ0) is 12.9. The fourth-order valence-corrected chi connectivity index (χ4v) is 2.68. The Kier molecular flexibility index (Phi) is 5.64. The van der Waals surface area contributed by atoms with Crippen LogP contribution in [0.2, 0.25) is 0 Å². The van der Waals surface area contributed by atoms with E-state index < -0.39 is 0 Å². The molecule has 0 aromatic heterocycles. The van der Waals surface area contributed by atoms with Crippen molar-refractivity contribution in [2.24, 2.45) is 11.3 Å². The number of carbonyl (C=O) groups excluding carboxylic acids is 1. The van der Waals surface area contributed by atoms with Gasteiger partial charge >= 0.3 is 0 Å². The van der Waals surface area contributed by atoms with E-state index in [0.29, 0.717) is 18.8 Å². The molecule has 1 unspecified atom stereocenters. The van der Waals surface area contributed by atoms with Crippen LogP contribution in [0.3, 0.4) is 0 Å². The summed E-state index contributed by atoms with van der Waals surface area (Å²) < 4.78 is 5.66. The summed E-state index contributed by atoms with van der Waals surface area (Å²) >= 11 is 0. The molecule has 1 atom stereocenters. The summed E-state index contributed by atoms with van der Waals surface area (Å²) in [4.78, 5) is 12.2. The number of hydrogen-bond acceptors (Lipinski definition) is 2. The van der Waals surface area contributed by atoms with E-state index in [1.165, 1.54) is 25.7 Å². The maximum absolute atomic E-state index is 12.2. The van der Waals surface area contributed by atoms with E-state index in [0.717, 1.165) is 12.3 Å². The van der Waals surface area contributed by atoms with Crippen molar-refractivity contribution in [2.75, 3.05) is 6.61 Å². The van der Waals surface area contributed by atoms with Crippen molar-refractivity contribution in [3.8, 4) is 0 Å². The van der Waals surface area contributed by atoms with Crippen LogP contribution >= 0.6 is 0 Å². The number of ether oxygens (including phenoxy) is 1. The van der Waals surface area contributed by atoms with Crippen LogP contribution in [0.25, 0.3) is 0 Å². The highest BCUT2D eigenvalue weighted by atomic mass is 16.5. The molecule has 2 nitrogen and oxygen atoms in total. The molecule has 0 aromatic rings. The normalized spacial score (nSPS) is 19.5. The third-order valence-corrected chi connectivity index (χ3v) is 3.45. The second kappa shape index (κ2) is 6.53. The molecule has 2 heteroatoms. The molecular formula is C15H28O2. The van der Waals surface area contributed by atoms with Crippen LogP contribution in [-0.2, 0) is 9.53 Å². The van der Waals surface area contributed by atoms with Crippen LogP contribution in [0.5, 0.6) is 0 Å². The SMILES string of the molecule is CCOC(CC1CCCC1)C(=O)CC(C)(C)C. The first-order chi connectivity index (χ1) is 7.92. The zero-order valence-corrected chi connectivity index (χ0v) is 11.9. The van der Waals surface area contributed by atoms with Gasteiger partial charge in [0.15, 0.2) is 5.78 Å². The number of Topliss-reactive ketones (excluding diaryl/α,β-unsaturated/α-hetero) is 1. The molecule has 0 amide bonds. The van der Waals surface area contributed by atoms with E-state index >= 15 is 0 Å². The van der Waals surface area contributed by atoms with Crippen molar-refractivity contribution in [1.82, 2.24) is 0 Å². The summed E-state index contributed by atoms with van der Waals surface area (Å²) in [6.07, 6.45) is 6.65. The lowest BCUT2D eigenvalue weighted by Gasteiger charge is -2.24. The van der Waals surface area contributed by atoms with E-state index in [9.17, 15) is 4.79 Å². The summed E-state index contributed by atoms with van der Waals surface area (Å²) in [5, 5.41) is 0. The van der Waals surface area contributed by atoms with Gasteiger partial charge in [0.25, 0.3) is 0 Å². The van der Waals surface area contributed by atoms with Crippen LogP contribution in [0.15, 0.2) is 0 Å². The van der Waals surface area contributed by atoms with Crippen LogP contribution in [0, 0.1) is 11.3 Å². The molecule has 1 aliphatic carbocycles.